The first-order chi connectivity index (χ1) is 8.49. The maximum Gasteiger partial charge on any atom is 0.314 e. The summed E-state index contributed by atoms with van der Waals surface area (Å²) in [6.07, 6.45) is -0.126. The van der Waals surface area contributed by atoms with E-state index in [2.05, 4.69) is 21.1 Å². The van der Waals surface area contributed by atoms with Gasteiger partial charge in [-0.1, -0.05) is 11.8 Å². The van der Waals surface area contributed by atoms with Crippen molar-refractivity contribution in [1.82, 2.24) is 0 Å². The van der Waals surface area contributed by atoms with Crippen molar-refractivity contribution in [3.05, 3.63) is 0 Å². The molecule has 0 saturated heterocycles. The van der Waals surface area contributed by atoms with Crippen LogP contribution in [0, 0.1) is 0 Å². The van der Waals surface area contributed by atoms with Crippen molar-refractivity contribution in [3.63, 3.8) is 0 Å². The molecule has 112 valence electrons. The van der Waals surface area contributed by atoms with Crippen LogP contribution in [0.2, 0.25) is 0 Å². The van der Waals surface area contributed by atoms with Crippen molar-refractivity contribution in [2.75, 3.05) is 67.7 Å². The van der Waals surface area contributed by atoms with Gasteiger partial charge in [0.15, 0.2) is 5.12 Å². The fourth-order valence-electron chi connectivity index (χ4n) is 1.09. The average molecular weight is 292 g/mol. The minimum Gasteiger partial charge on any atom is -0.459 e. The number of rotatable bonds is 8. The quantitative estimate of drug-likeness (QED) is 0.373. The summed E-state index contributed by atoms with van der Waals surface area (Å²) in [6, 6.07) is 0. The monoisotopic (exact) mass is 292 g/mol. The van der Waals surface area contributed by atoms with Gasteiger partial charge in [-0.15, -0.1) is 0 Å². The molecule has 0 unspecified atom stereocenters. The van der Waals surface area contributed by atoms with Crippen LogP contribution in [-0.4, -0.2) is 87.8 Å². The minimum atomic E-state index is -0.420. The Morgan fingerprint density at radius 3 is 1.95 bits per heavy atom. The van der Waals surface area contributed by atoms with E-state index in [0.29, 0.717) is 6.61 Å². The summed E-state index contributed by atoms with van der Waals surface area (Å²) < 4.78 is 6.59. The first kappa shape index (κ1) is 18.4. The van der Waals surface area contributed by atoms with Crippen LogP contribution in [0.25, 0.3) is 0 Å². The number of carbonyl (C=O) groups is 2. The number of nitrogens with zero attached hydrogens (tertiary/aromatic N) is 2. The van der Waals surface area contributed by atoms with Crippen LogP contribution in [0.15, 0.2) is 0 Å². The molecule has 0 aliphatic rings. The van der Waals surface area contributed by atoms with Crippen molar-refractivity contribution >= 4 is 22.8 Å². The zero-order chi connectivity index (χ0) is 15.1. The second-order valence-electron chi connectivity index (χ2n) is 6.65. The number of likely N-dealkylation sites (N-methyl/N-ethyl adjacent to an activating group) is 1. The molecule has 0 atom stereocenters. The van der Waals surface area contributed by atoms with Gasteiger partial charge in [-0.2, -0.15) is 0 Å². The summed E-state index contributed by atoms with van der Waals surface area (Å²) in [6.45, 7) is 2.00. The Kier molecular flexibility index (Phi) is 7.62. The molecule has 19 heavy (non-hydrogen) atoms. The third-order valence-corrected chi connectivity index (χ3v) is 3.19. The minimum absolute atomic E-state index is 0.108. The Bertz CT molecular complexity index is 276. The topological polar surface area (TPSA) is 43.4 Å². The molecule has 0 amide bonds. The summed E-state index contributed by atoms with van der Waals surface area (Å²) in [5.74, 6) is 0.310. The molecule has 0 saturated carbocycles. The standard InChI is InChI=1S/C13H28N2O3S/c1-14(2,3)7-9-18-12(16)11-13(17)19-10-8-15(4,5)6/h7-11H2,1-6H3/q+2. The molecule has 0 aliphatic carbocycles. The van der Waals surface area contributed by atoms with E-state index in [1.807, 2.05) is 21.1 Å². The number of hydrogen-bond donors (Lipinski definition) is 0. The number of esters is 1. The van der Waals surface area contributed by atoms with Crippen molar-refractivity contribution in [2.24, 2.45) is 0 Å². The third-order valence-electron chi connectivity index (χ3n) is 2.34. The fourth-order valence-corrected chi connectivity index (χ4v) is 2.17. The van der Waals surface area contributed by atoms with Crippen LogP contribution >= 0.6 is 11.8 Å². The van der Waals surface area contributed by atoms with Gasteiger partial charge >= 0.3 is 5.97 Å². The molecule has 0 aromatic carbocycles. The van der Waals surface area contributed by atoms with Gasteiger partial charge in [-0.05, 0) is 0 Å². The van der Waals surface area contributed by atoms with Crippen LogP contribution < -0.4 is 0 Å². The van der Waals surface area contributed by atoms with Crippen molar-refractivity contribution in [2.45, 2.75) is 6.42 Å². The molecule has 0 aromatic rings. The predicted molar refractivity (Wildman–Crippen MR) is 78.8 cm³/mol. The number of hydrogen-bond acceptors (Lipinski definition) is 4. The molecule has 0 bridgehead atoms. The molecule has 5 nitrogen and oxygen atoms in total. The second-order valence-corrected chi connectivity index (χ2v) is 7.80. The summed E-state index contributed by atoms with van der Waals surface area (Å²) >= 11 is 1.21. The zero-order valence-electron chi connectivity index (χ0n) is 13.1. The molecule has 0 N–H and O–H groups in total. The zero-order valence-corrected chi connectivity index (χ0v) is 13.9. The molecular weight excluding hydrogens is 264 g/mol. The lowest BCUT2D eigenvalue weighted by Crippen LogP contribution is -2.38. The lowest BCUT2D eigenvalue weighted by Gasteiger charge is -2.23. The van der Waals surface area contributed by atoms with E-state index in [4.69, 9.17) is 4.74 Å². The third kappa shape index (κ3) is 13.6. The van der Waals surface area contributed by atoms with Gasteiger partial charge in [0.25, 0.3) is 0 Å². The lowest BCUT2D eigenvalue weighted by atomic mass is 10.5. The van der Waals surface area contributed by atoms with E-state index in [9.17, 15) is 9.59 Å². The Balaban J connectivity index is 3.73. The largest absolute Gasteiger partial charge is 0.459 e. The first-order valence-corrected chi connectivity index (χ1v) is 7.40. The Morgan fingerprint density at radius 1 is 0.947 bits per heavy atom. The van der Waals surface area contributed by atoms with Crippen molar-refractivity contribution < 1.29 is 23.3 Å². The maximum absolute atomic E-state index is 11.6. The number of quaternary nitrogens is 2. The van der Waals surface area contributed by atoms with Gasteiger partial charge in [-0.25, -0.2) is 0 Å². The van der Waals surface area contributed by atoms with Crippen LogP contribution in [0.1, 0.15) is 6.42 Å². The number of thioether (sulfide) groups is 1. The lowest BCUT2D eigenvalue weighted by molar-refractivity contribution is -0.870. The van der Waals surface area contributed by atoms with E-state index in [1.54, 1.807) is 0 Å². The van der Waals surface area contributed by atoms with Gasteiger partial charge in [0.2, 0.25) is 0 Å². The summed E-state index contributed by atoms with van der Waals surface area (Å²) in [5, 5.41) is -0.108. The van der Waals surface area contributed by atoms with E-state index in [-0.39, 0.29) is 11.5 Å². The van der Waals surface area contributed by atoms with E-state index >= 15 is 0 Å². The fraction of sp³-hybridized carbons (Fsp3) is 0.846. The normalized spacial score (nSPS) is 12.3. The van der Waals surface area contributed by atoms with Gasteiger partial charge in [0.05, 0.1) is 54.6 Å². The summed E-state index contributed by atoms with van der Waals surface area (Å²) in [5.41, 5.74) is 0. The van der Waals surface area contributed by atoms with Crippen LogP contribution in [0.4, 0.5) is 0 Å². The Labute approximate surface area is 121 Å². The van der Waals surface area contributed by atoms with Crippen LogP contribution in [-0.2, 0) is 14.3 Å². The highest BCUT2D eigenvalue weighted by molar-refractivity contribution is 8.13. The van der Waals surface area contributed by atoms with Gasteiger partial charge in [0, 0.05) is 0 Å². The molecule has 0 rings (SSSR count). The van der Waals surface area contributed by atoms with Crippen LogP contribution in [0.5, 0.6) is 0 Å². The number of carbonyl (C=O) groups excluding carboxylic acids is 2. The summed E-state index contributed by atoms with van der Waals surface area (Å²) in [7, 11) is 12.3. The molecule has 0 fully saturated rings. The Hall–Kier alpha value is -0.590. The average Bonchev–Trinajstić information content (AvgIpc) is 2.12. The molecular formula is C13H28N2O3S+2. The molecule has 6 heteroatoms. The highest BCUT2D eigenvalue weighted by atomic mass is 32.2. The number of ether oxygens (including phenoxy) is 1. The predicted octanol–water partition coefficient (Wildman–Crippen LogP) is 0.592. The smallest absolute Gasteiger partial charge is 0.314 e. The van der Waals surface area contributed by atoms with E-state index < -0.39 is 5.97 Å². The SMILES string of the molecule is C[N+](C)(C)CCOC(=O)CC(=O)SCC[N+](C)(C)C. The molecule has 0 aliphatic heterocycles. The highest BCUT2D eigenvalue weighted by Gasteiger charge is 2.15. The maximum atomic E-state index is 11.6. The van der Waals surface area contributed by atoms with Gasteiger partial charge in [-0.3, -0.25) is 9.59 Å². The Morgan fingerprint density at radius 2 is 1.47 bits per heavy atom. The van der Waals surface area contributed by atoms with E-state index in [0.717, 1.165) is 27.8 Å². The van der Waals surface area contributed by atoms with Gasteiger partial charge < -0.3 is 13.7 Å². The molecule has 0 heterocycles. The second kappa shape index (κ2) is 7.87. The molecule has 0 spiro atoms. The van der Waals surface area contributed by atoms with Crippen molar-refractivity contribution in [1.29, 1.82) is 0 Å². The molecule has 0 aromatic heterocycles. The summed E-state index contributed by atoms with van der Waals surface area (Å²) in [4.78, 5) is 23.0. The van der Waals surface area contributed by atoms with Crippen LogP contribution in [0.3, 0.4) is 0 Å². The molecule has 0 radical (unpaired) electrons. The van der Waals surface area contributed by atoms with E-state index in [1.165, 1.54) is 11.8 Å². The van der Waals surface area contributed by atoms with Gasteiger partial charge in [0.1, 0.15) is 19.6 Å². The highest BCUT2D eigenvalue weighted by Crippen LogP contribution is 2.08. The first-order valence-electron chi connectivity index (χ1n) is 6.42. The van der Waals surface area contributed by atoms with Crippen molar-refractivity contribution in [3.8, 4) is 0 Å².